The van der Waals surface area contributed by atoms with Gasteiger partial charge in [-0.3, -0.25) is 33.8 Å². The van der Waals surface area contributed by atoms with Gasteiger partial charge in [-0.1, -0.05) is 99.6 Å². The number of ether oxygens (including phenoxy) is 1. The third kappa shape index (κ3) is 12.0. The highest BCUT2D eigenvalue weighted by Gasteiger charge is 2.44. The van der Waals surface area contributed by atoms with Crippen LogP contribution in [-0.4, -0.2) is 126 Å². The van der Waals surface area contributed by atoms with E-state index < -0.39 is 70.7 Å². The predicted octanol–water partition coefficient (Wildman–Crippen LogP) is 3.16. The number of amides is 6. The first kappa shape index (κ1) is 48.1. The lowest BCUT2D eigenvalue weighted by molar-refractivity contribution is -0.140. The summed E-state index contributed by atoms with van der Waals surface area (Å²) >= 11 is 1.33. The number of fused-ring (bicyclic) bond motifs is 1. The average Bonchev–Trinajstić information content (AvgIpc) is 3.90. The minimum absolute atomic E-state index is 0.0251. The largest absolute Gasteiger partial charge is 0.378 e. The fourth-order valence-corrected chi connectivity index (χ4v) is 8.89. The molecular weight excluding hydrogens is 811 g/mol. The first-order valence-electron chi connectivity index (χ1n) is 21.8. The van der Waals surface area contributed by atoms with E-state index in [0.29, 0.717) is 44.3 Å². The number of morpholine rings is 1. The van der Waals surface area contributed by atoms with Gasteiger partial charge in [-0.15, -0.1) is 11.3 Å². The quantitative estimate of drug-likeness (QED) is 0.225. The summed E-state index contributed by atoms with van der Waals surface area (Å²) in [5, 5.41) is 17.9. The fourth-order valence-electron chi connectivity index (χ4n) is 8.20. The average molecular weight is 878 g/mol. The van der Waals surface area contributed by atoms with Crippen molar-refractivity contribution in [2.45, 2.75) is 124 Å². The standard InChI is InChI=1S/C45H67N9O7S/c1-26(2)33-39(57)52-36(44(5,6)7)38(47-25-32(56)54-18-16-27(3)35(54)41(59)49-33)51-37(45(8,9)10)42(60)50-34(28(4)29-14-12-11-13-15-29)40(58)48-30(43-46-17-23-62-43)24-31(55)53-19-21-61-22-20-53/h11-15,17,23,26-28,30,33-37H,16,18-22,24-25H2,1-10H3,(H,47,51)(H,48,58)(H,49,59)(H,50,60)(H,52,57)/t27-,28?,30+,33+,34+,35+,36-,37-/m1/s1. The Morgan fingerprint density at radius 1 is 0.919 bits per heavy atom. The van der Waals surface area contributed by atoms with Gasteiger partial charge in [0.2, 0.25) is 35.4 Å². The van der Waals surface area contributed by atoms with Crippen molar-refractivity contribution in [3.05, 3.63) is 52.5 Å². The molecule has 5 N–H and O–H groups in total. The van der Waals surface area contributed by atoms with Crippen molar-refractivity contribution in [3.8, 4) is 0 Å². The Kier molecular flexibility index (Phi) is 15.9. The third-order valence-corrected chi connectivity index (χ3v) is 12.9. The monoisotopic (exact) mass is 877 g/mol. The summed E-state index contributed by atoms with van der Waals surface area (Å²) < 4.78 is 5.44. The maximum atomic E-state index is 14.9. The molecule has 2 saturated heterocycles. The Morgan fingerprint density at radius 3 is 2.19 bits per heavy atom. The second-order valence-electron chi connectivity index (χ2n) is 19.3. The number of hydrogen-bond donors (Lipinski definition) is 5. The number of hydrogen-bond acceptors (Lipinski definition) is 11. The molecule has 16 nitrogen and oxygen atoms in total. The molecule has 17 heteroatoms. The number of aromatic nitrogens is 1. The molecule has 0 aliphatic carbocycles. The maximum Gasteiger partial charge on any atom is 0.244 e. The van der Waals surface area contributed by atoms with Crippen LogP contribution in [0.1, 0.15) is 105 Å². The van der Waals surface area contributed by atoms with E-state index in [4.69, 9.17) is 9.73 Å². The molecule has 0 saturated carbocycles. The van der Waals surface area contributed by atoms with E-state index in [2.05, 4.69) is 31.6 Å². The van der Waals surface area contributed by atoms with E-state index in [1.807, 2.05) is 99.6 Å². The van der Waals surface area contributed by atoms with Crippen LogP contribution in [0, 0.1) is 22.7 Å². The lowest BCUT2D eigenvalue weighted by Crippen LogP contribution is -2.65. The van der Waals surface area contributed by atoms with E-state index >= 15 is 0 Å². The van der Waals surface area contributed by atoms with Crippen molar-refractivity contribution < 1.29 is 33.5 Å². The summed E-state index contributed by atoms with van der Waals surface area (Å²) in [6.07, 6.45) is 2.22. The summed E-state index contributed by atoms with van der Waals surface area (Å²) in [5.74, 6) is -3.01. The van der Waals surface area contributed by atoms with Gasteiger partial charge in [0.25, 0.3) is 0 Å². The number of benzene rings is 1. The molecule has 3 aliphatic heterocycles. The van der Waals surface area contributed by atoms with Gasteiger partial charge in [-0.25, -0.2) is 4.98 Å². The van der Waals surface area contributed by atoms with Gasteiger partial charge in [0.15, 0.2) is 0 Å². The Labute approximate surface area is 370 Å². The van der Waals surface area contributed by atoms with E-state index in [0.717, 1.165) is 5.56 Å². The molecule has 5 rings (SSSR count). The molecule has 0 radical (unpaired) electrons. The molecule has 0 bridgehead atoms. The number of carbonyl (C=O) groups excluding carboxylic acids is 6. The highest BCUT2D eigenvalue weighted by Crippen LogP contribution is 2.29. The molecule has 1 unspecified atom stereocenters. The van der Waals surface area contributed by atoms with Crippen molar-refractivity contribution in [1.29, 1.82) is 0 Å². The van der Waals surface area contributed by atoms with Crippen molar-refractivity contribution >= 4 is 52.6 Å². The lowest BCUT2D eigenvalue weighted by Gasteiger charge is -2.39. The summed E-state index contributed by atoms with van der Waals surface area (Å²) in [5.41, 5.74) is -0.693. The highest BCUT2D eigenvalue weighted by molar-refractivity contribution is 7.09. The van der Waals surface area contributed by atoms with Gasteiger partial charge in [0, 0.05) is 37.1 Å². The Hall–Kier alpha value is -4.90. The number of carbonyl (C=O) groups is 6. The van der Waals surface area contributed by atoms with Crippen LogP contribution in [-0.2, 0) is 33.5 Å². The molecular formula is C45H67N9O7S. The molecule has 1 aromatic carbocycles. The molecule has 3 aliphatic rings. The lowest BCUT2D eigenvalue weighted by atomic mass is 9.82. The normalized spacial score (nSPS) is 23.7. The number of nitrogens with one attached hydrogen (secondary N) is 5. The van der Waals surface area contributed by atoms with Crippen LogP contribution >= 0.6 is 11.3 Å². The number of amidine groups is 1. The molecule has 62 heavy (non-hydrogen) atoms. The van der Waals surface area contributed by atoms with Gasteiger partial charge in [-0.05, 0) is 34.7 Å². The van der Waals surface area contributed by atoms with E-state index in [9.17, 15) is 28.8 Å². The van der Waals surface area contributed by atoms with E-state index in [-0.39, 0.29) is 48.4 Å². The molecule has 340 valence electrons. The smallest absolute Gasteiger partial charge is 0.244 e. The number of aliphatic imine (C=N–C) groups is 1. The van der Waals surface area contributed by atoms with Gasteiger partial charge in [0.1, 0.15) is 41.6 Å². The van der Waals surface area contributed by atoms with E-state index in [1.54, 1.807) is 21.4 Å². The topological polar surface area (TPSA) is 204 Å². The van der Waals surface area contributed by atoms with Crippen molar-refractivity contribution in [2.75, 3.05) is 39.4 Å². The van der Waals surface area contributed by atoms with Crippen LogP contribution in [0.3, 0.4) is 0 Å². The summed E-state index contributed by atoms with van der Waals surface area (Å²) in [6, 6.07) is 3.99. The van der Waals surface area contributed by atoms with Crippen LogP contribution in [0.4, 0.5) is 0 Å². The summed E-state index contributed by atoms with van der Waals surface area (Å²) in [7, 11) is 0. The Bertz CT molecular complexity index is 1920. The van der Waals surface area contributed by atoms with Gasteiger partial charge in [-0.2, -0.15) is 0 Å². The van der Waals surface area contributed by atoms with Crippen LogP contribution in [0.5, 0.6) is 0 Å². The molecule has 4 heterocycles. The number of rotatable bonds is 11. The Balaban J connectivity index is 1.50. The molecule has 6 amide bonds. The fraction of sp³-hybridized carbons (Fsp3) is 0.644. The van der Waals surface area contributed by atoms with Crippen molar-refractivity contribution in [3.63, 3.8) is 0 Å². The van der Waals surface area contributed by atoms with Crippen LogP contribution in [0.15, 0.2) is 46.9 Å². The molecule has 1 aromatic heterocycles. The summed E-state index contributed by atoms with van der Waals surface area (Å²) in [6.45, 7) is 20.7. The first-order chi connectivity index (χ1) is 29.2. The molecule has 0 spiro atoms. The van der Waals surface area contributed by atoms with Gasteiger partial charge >= 0.3 is 0 Å². The highest BCUT2D eigenvalue weighted by atomic mass is 32.1. The maximum absolute atomic E-state index is 14.9. The number of thiazole rings is 1. The van der Waals surface area contributed by atoms with Crippen LogP contribution in [0.2, 0.25) is 0 Å². The van der Waals surface area contributed by atoms with Crippen molar-refractivity contribution in [2.24, 2.45) is 27.7 Å². The minimum atomic E-state index is -1.11. The SMILES string of the molecule is CC(C)[C@@H]1NC(=O)[C@@H]2[C@H](C)CCN2C(=O)CN=C(N[C@H](C(=O)N[C@H](C(=O)N[C@@H](CC(=O)N2CCOCC2)c2nccs2)C(C)c2ccccc2)C(C)(C)C)[C@H](C(C)(C)C)NC1=O. The second kappa shape index (κ2) is 20.5. The third-order valence-electron chi connectivity index (χ3n) is 12.0. The zero-order valence-corrected chi connectivity index (χ0v) is 38.8. The number of nitrogens with zero attached hydrogens (tertiary/aromatic N) is 4. The zero-order valence-electron chi connectivity index (χ0n) is 37.9. The van der Waals surface area contributed by atoms with E-state index in [1.165, 1.54) is 11.3 Å². The Morgan fingerprint density at radius 2 is 1.60 bits per heavy atom. The zero-order chi connectivity index (χ0) is 45.5. The molecule has 8 atom stereocenters. The molecule has 2 aromatic rings. The van der Waals surface area contributed by atoms with Gasteiger partial charge in [0.05, 0.1) is 31.7 Å². The second-order valence-corrected chi connectivity index (χ2v) is 20.2. The van der Waals surface area contributed by atoms with Crippen LogP contribution in [0.25, 0.3) is 0 Å². The van der Waals surface area contributed by atoms with Gasteiger partial charge < -0.3 is 41.1 Å². The predicted molar refractivity (Wildman–Crippen MR) is 238 cm³/mol. The van der Waals surface area contributed by atoms with Crippen molar-refractivity contribution in [1.82, 2.24) is 41.4 Å². The van der Waals surface area contributed by atoms with Crippen LogP contribution < -0.4 is 26.6 Å². The first-order valence-corrected chi connectivity index (χ1v) is 22.7. The summed E-state index contributed by atoms with van der Waals surface area (Å²) in [4.78, 5) is 97.4. The minimum Gasteiger partial charge on any atom is -0.378 e. The molecule has 2 fully saturated rings.